The summed E-state index contributed by atoms with van der Waals surface area (Å²) in [5, 5.41) is 0.240. The largest absolute Gasteiger partial charge is 0.496 e. The van der Waals surface area contributed by atoms with E-state index in [2.05, 4.69) is 0 Å². The fourth-order valence-corrected chi connectivity index (χ4v) is 2.74. The van der Waals surface area contributed by atoms with Crippen LogP contribution in [0.3, 0.4) is 0 Å². The number of nitrogens with zero attached hydrogens (tertiary/aromatic N) is 2. The first kappa shape index (κ1) is 19.2. The monoisotopic (exact) mass is 374 g/mol. The standard InChI is InChI=1S/C17H18ClF3N2O2/c1-3-6-23(11-17(19,20)21)16(24)12-9-13(18)14(10-15(12)25-2)22-7-4-5-8-22/h4-5,7-10H,3,6,11H2,1-2H3. The predicted octanol–water partition coefficient (Wildman–Crippen LogP) is 4.55. The SMILES string of the molecule is CCCN(CC(F)(F)F)C(=O)c1cc(Cl)c(-n2cccc2)cc1OC. The van der Waals surface area contributed by atoms with Gasteiger partial charge in [0.25, 0.3) is 5.91 Å². The Morgan fingerprint density at radius 1 is 1.28 bits per heavy atom. The normalized spacial score (nSPS) is 11.4. The maximum absolute atomic E-state index is 12.8. The molecule has 0 fully saturated rings. The van der Waals surface area contributed by atoms with Gasteiger partial charge in [-0.2, -0.15) is 13.2 Å². The van der Waals surface area contributed by atoms with E-state index in [1.54, 1.807) is 36.0 Å². The van der Waals surface area contributed by atoms with Crippen molar-refractivity contribution < 1.29 is 22.7 Å². The van der Waals surface area contributed by atoms with Crippen LogP contribution in [0.25, 0.3) is 5.69 Å². The number of carbonyl (C=O) groups is 1. The second-order valence-corrected chi connectivity index (χ2v) is 5.84. The van der Waals surface area contributed by atoms with Gasteiger partial charge >= 0.3 is 6.18 Å². The van der Waals surface area contributed by atoms with Crippen LogP contribution in [0.2, 0.25) is 5.02 Å². The molecule has 25 heavy (non-hydrogen) atoms. The van der Waals surface area contributed by atoms with E-state index < -0.39 is 18.6 Å². The summed E-state index contributed by atoms with van der Waals surface area (Å²) >= 11 is 6.24. The maximum Gasteiger partial charge on any atom is 0.406 e. The fraction of sp³-hybridized carbons (Fsp3) is 0.353. The first-order chi connectivity index (χ1) is 11.8. The highest BCUT2D eigenvalue weighted by Gasteiger charge is 2.34. The third kappa shape index (κ3) is 4.69. The molecule has 4 nitrogen and oxygen atoms in total. The van der Waals surface area contributed by atoms with Crippen LogP contribution in [0.5, 0.6) is 5.75 Å². The molecular formula is C17H18ClF3N2O2. The van der Waals surface area contributed by atoms with E-state index in [0.717, 1.165) is 4.90 Å². The van der Waals surface area contributed by atoms with Gasteiger partial charge in [-0.15, -0.1) is 0 Å². The molecule has 0 radical (unpaired) electrons. The number of alkyl halides is 3. The van der Waals surface area contributed by atoms with Gasteiger partial charge in [-0.1, -0.05) is 18.5 Å². The molecule has 0 saturated heterocycles. The molecule has 0 aliphatic heterocycles. The van der Waals surface area contributed by atoms with Crippen molar-refractivity contribution in [1.82, 2.24) is 9.47 Å². The first-order valence-electron chi connectivity index (χ1n) is 7.63. The molecule has 136 valence electrons. The molecule has 0 spiro atoms. The van der Waals surface area contributed by atoms with Crippen molar-refractivity contribution in [2.75, 3.05) is 20.2 Å². The van der Waals surface area contributed by atoms with Gasteiger partial charge < -0.3 is 14.2 Å². The summed E-state index contributed by atoms with van der Waals surface area (Å²) in [7, 11) is 1.35. The van der Waals surface area contributed by atoms with Gasteiger partial charge in [0.2, 0.25) is 0 Å². The van der Waals surface area contributed by atoms with E-state index in [1.165, 1.54) is 19.2 Å². The lowest BCUT2D eigenvalue weighted by Gasteiger charge is -2.24. The second-order valence-electron chi connectivity index (χ2n) is 5.44. The predicted molar refractivity (Wildman–Crippen MR) is 89.6 cm³/mol. The third-order valence-corrected chi connectivity index (χ3v) is 3.84. The zero-order chi connectivity index (χ0) is 18.6. The molecule has 0 unspecified atom stereocenters. The van der Waals surface area contributed by atoms with Crippen molar-refractivity contribution in [2.45, 2.75) is 19.5 Å². The zero-order valence-electron chi connectivity index (χ0n) is 13.8. The van der Waals surface area contributed by atoms with E-state index in [1.807, 2.05) is 0 Å². The number of halogens is 4. The Hall–Kier alpha value is -2.15. The molecule has 0 saturated carbocycles. The Balaban J connectivity index is 2.42. The third-order valence-electron chi connectivity index (χ3n) is 3.53. The van der Waals surface area contributed by atoms with Crippen LogP contribution in [-0.2, 0) is 0 Å². The topological polar surface area (TPSA) is 34.5 Å². The molecule has 0 aliphatic carbocycles. The van der Waals surface area contributed by atoms with Gasteiger partial charge in [0, 0.05) is 25.0 Å². The maximum atomic E-state index is 12.8. The number of benzene rings is 1. The molecule has 0 aliphatic rings. The number of hydrogen-bond acceptors (Lipinski definition) is 2. The Labute approximate surface area is 148 Å². The zero-order valence-corrected chi connectivity index (χ0v) is 14.6. The molecule has 2 rings (SSSR count). The molecule has 1 amide bonds. The number of hydrogen-bond donors (Lipinski definition) is 0. The number of amides is 1. The first-order valence-corrected chi connectivity index (χ1v) is 8.01. The van der Waals surface area contributed by atoms with Gasteiger partial charge in [0.1, 0.15) is 12.3 Å². The van der Waals surface area contributed by atoms with Crippen molar-refractivity contribution in [3.63, 3.8) is 0 Å². The van der Waals surface area contributed by atoms with Crippen LogP contribution in [0, 0.1) is 0 Å². The highest BCUT2D eigenvalue weighted by atomic mass is 35.5. The Morgan fingerprint density at radius 3 is 2.44 bits per heavy atom. The number of ether oxygens (including phenoxy) is 1. The fourth-order valence-electron chi connectivity index (χ4n) is 2.48. The van der Waals surface area contributed by atoms with Crippen molar-refractivity contribution in [3.8, 4) is 11.4 Å². The minimum Gasteiger partial charge on any atom is -0.496 e. The number of carbonyl (C=O) groups excluding carboxylic acids is 1. The van der Waals surface area contributed by atoms with Crippen LogP contribution in [0.4, 0.5) is 13.2 Å². The Morgan fingerprint density at radius 2 is 1.92 bits per heavy atom. The molecule has 0 bridgehead atoms. The number of rotatable bonds is 6. The molecule has 1 heterocycles. The van der Waals surface area contributed by atoms with Gasteiger partial charge in [-0.3, -0.25) is 4.79 Å². The molecule has 1 aromatic heterocycles. The lowest BCUT2D eigenvalue weighted by Crippen LogP contribution is -2.39. The lowest BCUT2D eigenvalue weighted by molar-refractivity contribution is -0.140. The van der Waals surface area contributed by atoms with Crippen molar-refractivity contribution in [2.24, 2.45) is 0 Å². The summed E-state index contributed by atoms with van der Waals surface area (Å²) in [6.45, 7) is 0.369. The highest BCUT2D eigenvalue weighted by molar-refractivity contribution is 6.33. The molecule has 8 heteroatoms. The second kappa shape index (κ2) is 7.82. The van der Waals surface area contributed by atoms with Crippen molar-refractivity contribution in [3.05, 3.63) is 47.2 Å². The minimum atomic E-state index is -4.48. The number of methoxy groups -OCH3 is 1. The molecule has 1 aromatic carbocycles. The summed E-state index contributed by atoms with van der Waals surface area (Å²) in [5.74, 6) is -0.599. The van der Waals surface area contributed by atoms with Gasteiger partial charge in [-0.05, 0) is 24.6 Å². The highest BCUT2D eigenvalue weighted by Crippen LogP contribution is 2.31. The molecule has 0 N–H and O–H groups in total. The molecule has 0 atom stereocenters. The van der Waals surface area contributed by atoms with Gasteiger partial charge in [0.15, 0.2) is 0 Å². The smallest absolute Gasteiger partial charge is 0.406 e. The Bertz CT molecular complexity index is 730. The van der Waals surface area contributed by atoms with E-state index in [4.69, 9.17) is 16.3 Å². The van der Waals surface area contributed by atoms with Crippen LogP contribution in [-0.4, -0.2) is 41.7 Å². The van der Waals surface area contributed by atoms with Crippen LogP contribution in [0.15, 0.2) is 36.7 Å². The molecule has 2 aromatic rings. The van der Waals surface area contributed by atoms with E-state index >= 15 is 0 Å². The average Bonchev–Trinajstić information content (AvgIpc) is 3.06. The van der Waals surface area contributed by atoms with E-state index in [-0.39, 0.29) is 22.9 Å². The van der Waals surface area contributed by atoms with Crippen LogP contribution < -0.4 is 4.74 Å². The van der Waals surface area contributed by atoms with Crippen molar-refractivity contribution >= 4 is 17.5 Å². The number of aromatic nitrogens is 1. The average molecular weight is 375 g/mol. The van der Waals surface area contributed by atoms with Gasteiger partial charge in [-0.25, -0.2) is 0 Å². The van der Waals surface area contributed by atoms with Crippen molar-refractivity contribution in [1.29, 1.82) is 0 Å². The summed E-state index contributed by atoms with van der Waals surface area (Å²) in [6.07, 6.45) is -0.559. The summed E-state index contributed by atoms with van der Waals surface area (Å²) in [5.41, 5.74) is 0.569. The lowest BCUT2D eigenvalue weighted by atomic mass is 10.1. The van der Waals surface area contributed by atoms with Gasteiger partial charge in [0.05, 0.1) is 23.4 Å². The van der Waals surface area contributed by atoms with E-state index in [0.29, 0.717) is 12.1 Å². The quantitative estimate of drug-likeness (QED) is 0.743. The van der Waals surface area contributed by atoms with Crippen LogP contribution in [0.1, 0.15) is 23.7 Å². The molecular weight excluding hydrogens is 357 g/mol. The summed E-state index contributed by atoms with van der Waals surface area (Å²) in [6, 6.07) is 6.48. The summed E-state index contributed by atoms with van der Waals surface area (Å²) in [4.78, 5) is 13.4. The van der Waals surface area contributed by atoms with Crippen LogP contribution >= 0.6 is 11.6 Å². The Kier molecular flexibility index (Phi) is 6.00. The minimum absolute atomic E-state index is 0.00102. The van der Waals surface area contributed by atoms with E-state index in [9.17, 15) is 18.0 Å². The summed E-state index contributed by atoms with van der Waals surface area (Å²) < 4.78 is 45.2.